The van der Waals surface area contributed by atoms with E-state index >= 15 is 0 Å². The van der Waals surface area contributed by atoms with Gasteiger partial charge in [-0.25, -0.2) is 0 Å². The van der Waals surface area contributed by atoms with E-state index in [1.165, 1.54) is 0 Å². The summed E-state index contributed by atoms with van der Waals surface area (Å²) in [6.07, 6.45) is -0.612. The van der Waals surface area contributed by atoms with Crippen LogP contribution in [0, 0.1) is 0 Å². The number of carbonyl (C=O) groups is 1. The van der Waals surface area contributed by atoms with E-state index in [0.717, 1.165) is 24.4 Å². The third-order valence-electron chi connectivity index (χ3n) is 5.64. The summed E-state index contributed by atoms with van der Waals surface area (Å²) >= 11 is 0. The summed E-state index contributed by atoms with van der Waals surface area (Å²) in [5.41, 5.74) is 0.868. The van der Waals surface area contributed by atoms with Crippen LogP contribution in [0.15, 0.2) is 53.1 Å². The van der Waals surface area contributed by atoms with Crippen molar-refractivity contribution in [3.8, 4) is 28.6 Å². The van der Waals surface area contributed by atoms with Gasteiger partial charge in [0.1, 0.15) is 12.4 Å². The summed E-state index contributed by atoms with van der Waals surface area (Å²) in [5.74, 6) is 3.12. The van der Waals surface area contributed by atoms with Crippen LogP contribution in [0.2, 0.25) is 0 Å². The fourth-order valence-corrected chi connectivity index (χ4v) is 3.84. The standard InChI is InChI=1S/C23H24N4O5/c1-29-17-8-6-16(7-9-17)22-24-21(32-25-22)14-26-10-12-27(13-11-26)23(28)20-15-30-18-4-2-3-5-19(18)31-20/h2-9,20H,10-15H2,1H3/t20-/m1/s1. The number of hydrogen-bond donors (Lipinski definition) is 0. The lowest BCUT2D eigenvalue weighted by molar-refractivity contribution is -0.143. The first kappa shape index (κ1) is 20.3. The highest BCUT2D eigenvalue weighted by molar-refractivity contribution is 5.82. The van der Waals surface area contributed by atoms with Gasteiger partial charge in [-0.05, 0) is 36.4 Å². The lowest BCUT2D eigenvalue weighted by Gasteiger charge is -2.36. The number of aromatic nitrogens is 2. The Morgan fingerprint density at radius 3 is 2.56 bits per heavy atom. The molecule has 9 heteroatoms. The van der Waals surface area contributed by atoms with Gasteiger partial charge in [0.2, 0.25) is 17.8 Å². The molecular formula is C23H24N4O5. The molecule has 1 amide bonds. The number of rotatable bonds is 5. The maximum absolute atomic E-state index is 12.9. The third kappa shape index (κ3) is 4.24. The highest BCUT2D eigenvalue weighted by Crippen LogP contribution is 2.31. The molecule has 166 valence electrons. The van der Waals surface area contributed by atoms with Crippen molar-refractivity contribution in [3.63, 3.8) is 0 Å². The minimum absolute atomic E-state index is 0.0428. The molecule has 2 aliphatic heterocycles. The van der Waals surface area contributed by atoms with E-state index in [9.17, 15) is 4.79 Å². The molecule has 3 aromatic rings. The first-order chi connectivity index (χ1) is 15.7. The lowest BCUT2D eigenvalue weighted by atomic mass is 10.2. The van der Waals surface area contributed by atoms with Crippen LogP contribution >= 0.6 is 0 Å². The number of nitrogens with zero attached hydrogens (tertiary/aromatic N) is 4. The number of benzene rings is 2. The third-order valence-corrected chi connectivity index (χ3v) is 5.64. The van der Waals surface area contributed by atoms with Crippen molar-refractivity contribution in [2.45, 2.75) is 12.6 Å². The number of ether oxygens (including phenoxy) is 3. The molecular weight excluding hydrogens is 412 g/mol. The molecule has 1 atom stereocenters. The van der Waals surface area contributed by atoms with Crippen LogP contribution in [-0.4, -0.2) is 71.8 Å². The Bertz CT molecular complexity index is 1080. The lowest BCUT2D eigenvalue weighted by Crippen LogP contribution is -2.53. The number of carbonyl (C=O) groups excluding carboxylic acids is 1. The number of piperazine rings is 1. The van der Waals surface area contributed by atoms with Gasteiger partial charge in [0.15, 0.2) is 11.5 Å². The number of para-hydroxylation sites is 2. The summed E-state index contributed by atoms with van der Waals surface area (Å²) < 4.78 is 22.1. The van der Waals surface area contributed by atoms with Crippen molar-refractivity contribution in [1.82, 2.24) is 19.9 Å². The molecule has 0 radical (unpaired) electrons. The number of amides is 1. The zero-order valence-corrected chi connectivity index (χ0v) is 17.8. The van der Waals surface area contributed by atoms with E-state index in [2.05, 4.69) is 15.0 Å². The van der Waals surface area contributed by atoms with Crippen molar-refractivity contribution < 1.29 is 23.5 Å². The van der Waals surface area contributed by atoms with Gasteiger partial charge in [0, 0.05) is 31.7 Å². The first-order valence-corrected chi connectivity index (χ1v) is 10.6. The van der Waals surface area contributed by atoms with Gasteiger partial charge in [0.05, 0.1) is 13.7 Å². The summed E-state index contributed by atoms with van der Waals surface area (Å²) in [7, 11) is 1.63. The molecule has 0 unspecified atom stereocenters. The molecule has 1 fully saturated rings. The summed E-state index contributed by atoms with van der Waals surface area (Å²) in [4.78, 5) is 21.4. The predicted octanol–water partition coefficient (Wildman–Crippen LogP) is 2.23. The summed E-state index contributed by atoms with van der Waals surface area (Å²) in [5, 5.41) is 4.08. The Morgan fingerprint density at radius 1 is 1.06 bits per heavy atom. The Morgan fingerprint density at radius 2 is 1.81 bits per heavy atom. The molecule has 2 aromatic carbocycles. The Labute approximate surface area is 185 Å². The number of methoxy groups -OCH3 is 1. The second-order valence-electron chi connectivity index (χ2n) is 7.71. The van der Waals surface area contributed by atoms with E-state index < -0.39 is 6.10 Å². The molecule has 1 aromatic heterocycles. The monoisotopic (exact) mass is 436 g/mol. The topological polar surface area (TPSA) is 90.2 Å². The van der Waals surface area contributed by atoms with Crippen molar-refractivity contribution in [2.24, 2.45) is 0 Å². The van der Waals surface area contributed by atoms with Crippen LogP contribution in [0.5, 0.6) is 17.2 Å². The van der Waals surface area contributed by atoms with E-state index in [4.69, 9.17) is 18.7 Å². The van der Waals surface area contributed by atoms with E-state index in [1.807, 2.05) is 53.4 Å². The molecule has 0 N–H and O–H groups in total. The number of hydrogen-bond acceptors (Lipinski definition) is 8. The minimum atomic E-state index is -0.612. The van der Waals surface area contributed by atoms with Gasteiger partial charge < -0.3 is 23.6 Å². The molecule has 3 heterocycles. The van der Waals surface area contributed by atoms with Crippen molar-refractivity contribution in [2.75, 3.05) is 39.9 Å². The highest BCUT2D eigenvalue weighted by Gasteiger charge is 2.32. The molecule has 5 rings (SSSR count). The molecule has 0 saturated carbocycles. The predicted molar refractivity (Wildman–Crippen MR) is 114 cm³/mol. The largest absolute Gasteiger partial charge is 0.497 e. The van der Waals surface area contributed by atoms with Gasteiger partial charge in [-0.1, -0.05) is 17.3 Å². The molecule has 0 spiro atoms. The summed E-state index contributed by atoms with van der Waals surface area (Å²) in [6.45, 7) is 3.43. The Balaban J connectivity index is 1.14. The average molecular weight is 436 g/mol. The molecule has 0 aliphatic carbocycles. The number of fused-ring (bicyclic) bond motifs is 1. The fourth-order valence-electron chi connectivity index (χ4n) is 3.84. The SMILES string of the molecule is COc1ccc(-c2noc(CN3CCN(C(=O)[C@H]4COc5ccccc5O4)CC3)n2)cc1. The van der Waals surface area contributed by atoms with E-state index in [1.54, 1.807) is 7.11 Å². The minimum Gasteiger partial charge on any atom is -0.497 e. The molecule has 32 heavy (non-hydrogen) atoms. The van der Waals surface area contributed by atoms with Crippen LogP contribution in [0.3, 0.4) is 0 Å². The summed E-state index contributed by atoms with van der Waals surface area (Å²) in [6, 6.07) is 14.9. The molecule has 1 saturated heterocycles. The second-order valence-corrected chi connectivity index (χ2v) is 7.71. The normalized spacial score (nSPS) is 18.4. The van der Waals surface area contributed by atoms with Gasteiger partial charge in [0.25, 0.3) is 5.91 Å². The van der Waals surface area contributed by atoms with Gasteiger partial charge >= 0.3 is 0 Å². The Kier molecular flexibility index (Phi) is 5.64. The highest BCUT2D eigenvalue weighted by atomic mass is 16.6. The van der Waals surface area contributed by atoms with Gasteiger partial charge in [-0.15, -0.1) is 0 Å². The quantitative estimate of drug-likeness (QED) is 0.602. The van der Waals surface area contributed by atoms with E-state index in [0.29, 0.717) is 42.8 Å². The van der Waals surface area contributed by atoms with Crippen LogP contribution in [-0.2, 0) is 11.3 Å². The zero-order chi connectivity index (χ0) is 21.9. The zero-order valence-electron chi connectivity index (χ0n) is 17.8. The van der Waals surface area contributed by atoms with Crippen LogP contribution in [0.25, 0.3) is 11.4 Å². The smallest absolute Gasteiger partial charge is 0.267 e. The van der Waals surface area contributed by atoms with Crippen molar-refractivity contribution >= 4 is 5.91 Å². The maximum atomic E-state index is 12.9. The van der Waals surface area contributed by atoms with Gasteiger partial charge in [-0.2, -0.15) is 4.98 Å². The van der Waals surface area contributed by atoms with E-state index in [-0.39, 0.29) is 12.5 Å². The second kappa shape index (κ2) is 8.88. The molecule has 0 bridgehead atoms. The molecule has 9 nitrogen and oxygen atoms in total. The van der Waals surface area contributed by atoms with Gasteiger partial charge in [-0.3, -0.25) is 9.69 Å². The average Bonchev–Trinajstić information content (AvgIpc) is 3.32. The van der Waals surface area contributed by atoms with Crippen molar-refractivity contribution in [1.29, 1.82) is 0 Å². The van der Waals surface area contributed by atoms with Crippen LogP contribution in [0.1, 0.15) is 5.89 Å². The molecule has 2 aliphatic rings. The van der Waals surface area contributed by atoms with Crippen LogP contribution in [0.4, 0.5) is 0 Å². The van der Waals surface area contributed by atoms with Crippen LogP contribution < -0.4 is 14.2 Å². The Hall–Kier alpha value is -3.59. The fraction of sp³-hybridized carbons (Fsp3) is 0.348. The maximum Gasteiger partial charge on any atom is 0.267 e. The van der Waals surface area contributed by atoms with Crippen molar-refractivity contribution in [3.05, 3.63) is 54.4 Å². The first-order valence-electron chi connectivity index (χ1n) is 10.6.